The molecule has 0 amide bonds. The zero-order chi connectivity index (χ0) is 23.5. The van der Waals surface area contributed by atoms with Crippen molar-refractivity contribution in [2.45, 2.75) is 109 Å². The van der Waals surface area contributed by atoms with Crippen molar-refractivity contribution in [3.63, 3.8) is 0 Å². The van der Waals surface area contributed by atoms with Gasteiger partial charge >= 0.3 is 0 Å². The van der Waals surface area contributed by atoms with Gasteiger partial charge in [-0.05, 0) is 64.7 Å². The number of fused-ring (bicyclic) bond motifs is 1. The zero-order valence-corrected chi connectivity index (χ0v) is 20.9. The number of allylic oxidation sites excluding steroid dienone is 1. The van der Waals surface area contributed by atoms with E-state index in [2.05, 4.69) is 27.4 Å². The first kappa shape index (κ1) is 25.3. The summed E-state index contributed by atoms with van der Waals surface area (Å²) >= 11 is 0. The van der Waals surface area contributed by atoms with Crippen LogP contribution in [0, 0.1) is 11.8 Å². The second-order valence-electron chi connectivity index (χ2n) is 10.0. The predicted molar refractivity (Wildman–Crippen MR) is 126 cm³/mol. The highest BCUT2D eigenvalue weighted by Crippen LogP contribution is 2.41. The molecule has 7 heteroatoms. The lowest BCUT2D eigenvalue weighted by atomic mass is 9.88. The van der Waals surface area contributed by atoms with Gasteiger partial charge in [0, 0.05) is 12.8 Å². The molecule has 1 unspecified atom stereocenters. The lowest BCUT2D eigenvalue weighted by Gasteiger charge is -2.29. The number of methoxy groups -OCH3 is 2. The van der Waals surface area contributed by atoms with E-state index in [4.69, 9.17) is 33.7 Å². The lowest BCUT2D eigenvalue weighted by molar-refractivity contribution is -0.228. The fourth-order valence-electron chi connectivity index (χ4n) is 5.18. The molecule has 0 N–H and O–H groups in total. The summed E-state index contributed by atoms with van der Waals surface area (Å²) in [5, 5.41) is 0. The Morgan fingerprint density at radius 3 is 2.47 bits per heavy atom. The topological polar surface area (TPSA) is 70.9 Å². The van der Waals surface area contributed by atoms with Gasteiger partial charge in [0.15, 0.2) is 12.1 Å². The quantitative estimate of drug-likeness (QED) is 0.457. The minimum Gasteiger partial charge on any atom is -0.483 e. The third-order valence-corrected chi connectivity index (χ3v) is 6.71. The summed E-state index contributed by atoms with van der Waals surface area (Å²) in [6.45, 7) is 14.2. The molecule has 3 rings (SSSR count). The maximum atomic E-state index is 6.20. The SMILES string of the molecule is C=CCC[C@@H](CC[C@@H]1N=C(C)[C@@H](C(C)C)N=C1OC)C[C@H]1O[C@@H](OC)[C@H]2OC(C)(C)OC12. The second kappa shape index (κ2) is 10.8. The van der Waals surface area contributed by atoms with Crippen molar-refractivity contribution in [3.05, 3.63) is 12.7 Å². The van der Waals surface area contributed by atoms with Gasteiger partial charge in [-0.25, -0.2) is 4.99 Å². The molecule has 0 aromatic carbocycles. The zero-order valence-electron chi connectivity index (χ0n) is 20.9. The van der Waals surface area contributed by atoms with Crippen LogP contribution >= 0.6 is 0 Å². The molecule has 3 heterocycles. The molecule has 0 aromatic heterocycles. The van der Waals surface area contributed by atoms with Crippen LogP contribution in [0.25, 0.3) is 0 Å². The standard InChI is InChI=1S/C25H42N2O5/c1-9-10-11-17(12-13-18-23(28-7)27-20(15(2)3)16(4)26-18)14-19-21-22(24(29-8)30-19)32-25(5,6)31-21/h9,15,17-22,24H,1,10-14H2,2-8H3/t17-,18-,19+,20+,21?,22-,24+/m0/s1. The highest BCUT2D eigenvalue weighted by Gasteiger charge is 2.55. The summed E-state index contributed by atoms with van der Waals surface area (Å²) < 4.78 is 29.6. The minimum atomic E-state index is -0.615. The van der Waals surface area contributed by atoms with E-state index in [0.717, 1.165) is 43.7 Å². The van der Waals surface area contributed by atoms with Gasteiger partial charge in [0.25, 0.3) is 0 Å². The summed E-state index contributed by atoms with van der Waals surface area (Å²) in [4.78, 5) is 9.82. The van der Waals surface area contributed by atoms with Crippen LogP contribution in [0.1, 0.15) is 66.7 Å². The van der Waals surface area contributed by atoms with Crippen LogP contribution in [-0.4, -0.2) is 68.3 Å². The normalized spacial score (nSPS) is 34.8. The lowest BCUT2D eigenvalue weighted by Crippen LogP contribution is -2.36. The van der Waals surface area contributed by atoms with Gasteiger partial charge in [-0.2, -0.15) is 0 Å². The smallest absolute Gasteiger partial charge is 0.209 e. The van der Waals surface area contributed by atoms with Gasteiger partial charge in [-0.1, -0.05) is 19.9 Å². The average Bonchev–Trinajstić information content (AvgIpc) is 3.22. The van der Waals surface area contributed by atoms with Gasteiger partial charge in [-0.3, -0.25) is 4.99 Å². The van der Waals surface area contributed by atoms with Crippen LogP contribution < -0.4 is 0 Å². The molecule has 3 aliphatic heterocycles. The molecular formula is C25H42N2O5. The first-order valence-corrected chi connectivity index (χ1v) is 12.0. The van der Waals surface area contributed by atoms with Crippen LogP contribution in [0.4, 0.5) is 0 Å². The molecule has 0 saturated carbocycles. The highest BCUT2D eigenvalue weighted by molar-refractivity contribution is 5.96. The molecule has 7 atom stereocenters. The molecule has 0 aliphatic carbocycles. The van der Waals surface area contributed by atoms with E-state index in [0.29, 0.717) is 11.8 Å². The summed E-state index contributed by atoms with van der Waals surface area (Å²) in [6, 6.07) is 0.0885. The molecule has 7 nitrogen and oxygen atoms in total. The van der Waals surface area contributed by atoms with Crippen molar-refractivity contribution in [1.82, 2.24) is 0 Å². The average molecular weight is 451 g/mol. The molecule has 182 valence electrons. The molecule has 0 spiro atoms. The third-order valence-electron chi connectivity index (χ3n) is 6.71. The van der Waals surface area contributed by atoms with Crippen LogP contribution in [0.2, 0.25) is 0 Å². The van der Waals surface area contributed by atoms with Gasteiger partial charge < -0.3 is 23.7 Å². The monoisotopic (exact) mass is 450 g/mol. The Balaban J connectivity index is 1.66. The van der Waals surface area contributed by atoms with Gasteiger partial charge in [-0.15, -0.1) is 6.58 Å². The Kier molecular flexibility index (Phi) is 8.53. The molecule has 0 aromatic rings. The molecule has 2 saturated heterocycles. The first-order chi connectivity index (χ1) is 15.2. The maximum Gasteiger partial charge on any atom is 0.209 e. The van der Waals surface area contributed by atoms with Crippen molar-refractivity contribution in [2.75, 3.05) is 14.2 Å². The number of rotatable bonds is 10. The van der Waals surface area contributed by atoms with E-state index in [1.54, 1.807) is 14.2 Å². The predicted octanol–water partition coefficient (Wildman–Crippen LogP) is 4.54. The molecule has 0 radical (unpaired) electrons. The van der Waals surface area contributed by atoms with E-state index in [1.165, 1.54) is 0 Å². The summed E-state index contributed by atoms with van der Waals surface area (Å²) in [5.41, 5.74) is 1.09. The molecular weight excluding hydrogens is 408 g/mol. The van der Waals surface area contributed by atoms with Crippen molar-refractivity contribution >= 4 is 11.6 Å². The van der Waals surface area contributed by atoms with Crippen molar-refractivity contribution in [3.8, 4) is 0 Å². The molecule has 0 bridgehead atoms. The Hall–Kier alpha value is -1.28. The number of nitrogens with zero attached hydrogens (tertiary/aromatic N) is 2. The maximum absolute atomic E-state index is 6.20. The molecule has 3 aliphatic rings. The van der Waals surface area contributed by atoms with Crippen LogP contribution in [0.5, 0.6) is 0 Å². The first-order valence-electron chi connectivity index (χ1n) is 12.0. The fraction of sp³-hybridized carbons (Fsp3) is 0.840. The Bertz CT molecular complexity index is 704. The van der Waals surface area contributed by atoms with E-state index < -0.39 is 12.1 Å². The van der Waals surface area contributed by atoms with Crippen molar-refractivity contribution in [2.24, 2.45) is 21.8 Å². The van der Waals surface area contributed by atoms with E-state index in [1.807, 2.05) is 19.9 Å². The Morgan fingerprint density at radius 1 is 1.12 bits per heavy atom. The van der Waals surface area contributed by atoms with Crippen LogP contribution in [0.3, 0.4) is 0 Å². The number of hydrogen-bond donors (Lipinski definition) is 0. The Morgan fingerprint density at radius 2 is 1.84 bits per heavy atom. The molecule has 2 fully saturated rings. The molecule has 32 heavy (non-hydrogen) atoms. The van der Waals surface area contributed by atoms with E-state index in [9.17, 15) is 0 Å². The van der Waals surface area contributed by atoms with E-state index in [-0.39, 0.29) is 30.4 Å². The van der Waals surface area contributed by atoms with Crippen molar-refractivity contribution < 1.29 is 23.7 Å². The fourth-order valence-corrected chi connectivity index (χ4v) is 5.18. The Labute approximate surface area is 193 Å². The third kappa shape index (κ3) is 5.79. The summed E-state index contributed by atoms with van der Waals surface area (Å²) in [7, 11) is 3.36. The number of aliphatic imine (C=N–C) groups is 2. The number of ether oxygens (including phenoxy) is 5. The van der Waals surface area contributed by atoms with Crippen molar-refractivity contribution in [1.29, 1.82) is 0 Å². The van der Waals surface area contributed by atoms with Crippen LogP contribution in [-0.2, 0) is 23.7 Å². The minimum absolute atomic E-state index is 0.0183. The second-order valence-corrected chi connectivity index (χ2v) is 10.0. The van der Waals surface area contributed by atoms with Gasteiger partial charge in [0.05, 0.1) is 19.3 Å². The summed E-state index contributed by atoms with van der Waals surface area (Å²) in [6.07, 6.45) is 6.04. The van der Waals surface area contributed by atoms with Gasteiger partial charge in [0.1, 0.15) is 18.2 Å². The van der Waals surface area contributed by atoms with Crippen LogP contribution in [0.15, 0.2) is 22.6 Å². The van der Waals surface area contributed by atoms with E-state index >= 15 is 0 Å². The highest BCUT2D eigenvalue weighted by atomic mass is 16.8. The van der Waals surface area contributed by atoms with Gasteiger partial charge in [0.2, 0.25) is 5.90 Å². The summed E-state index contributed by atoms with van der Waals surface area (Å²) in [5.74, 6) is 0.987. The largest absolute Gasteiger partial charge is 0.483 e. The number of hydrogen-bond acceptors (Lipinski definition) is 7.